The summed E-state index contributed by atoms with van der Waals surface area (Å²) in [4.78, 5) is 13.8. The van der Waals surface area contributed by atoms with Crippen LogP contribution in [0.1, 0.15) is 6.92 Å². The molecule has 1 aliphatic rings. The summed E-state index contributed by atoms with van der Waals surface area (Å²) in [5, 5.41) is 0. The third-order valence-corrected chi connectivity index (χ3v) is 2.80. The Bertz CT molecular complexity index is 401. The van der Waals surface area contributed by atoms with Gasteiger partial charge in [0.05, 0.1) is 13.2 Å². The SMILES string of the molecule is C[C@H](Oc1ccc(F)cc1)C(=O)N1CCOCC1. The Hall–Kier alpha value is -1.62. The van der Waals surface area contributed by atoms with Crippen LogP contribution >= 0.6 is 0 Å². The minimum Gasteiger partial charge on any atom is -0.481 e. The van der Waals surface area contributed by atoms with Gasteiger partial charge in [-0.25, -0.2) is 4.39 Å². The van der Waals surface area contributed by atoms with E-state index in [1.807, 2.05) is 0 Å². The molecule has 4 nitrogen and oxygen atoms in total. The number of carbonyl (C=O) groups excluding carboxylic acids is 1. The molecule has 1 atom stereocenters. The maximum atomic E-state index is 12.7. The average Bonchev–Trinajstić information content (AvgIpc) is 2.41. The van der Waals surface area contributed by atoms with Crippen LogP contribution in [0.4, 0.5) is 4.39 Å². The molecule has 0 bridgehead atoms. The van der Waals surface area contributed by atoms with Gasteiger partial charge in [-0.1, -0.05) is 0 Å². The Balaban J connectivity index is 1.92. The molecular weight excluding hydrogens is 237 g/mol. The molecule has 1 saturated heterocycles. The summed E-state index contributed by atoms with van der Waals surface area (Å²) >= 11 is 0. The van der Waals surface area contributed by atoms with Crippen molar-refractivity contribution in [3.63, 3.8) is 0 Å². The third kappa shape index (κ3) is 3.20. The number of hydrogen-bond donors (Lipinski definition) is 0. The van der Waals surface area contributed by atoms with Gasteiger partial charge in [-0.2, -0.15) is 0 Å². The van der Waals surface area contributed by atoms with Crippen molar-refractivity contribution in [1.82, 2.24) is 4.90 Å². The minimum absolute atomic E-state index is 0.0670. The highest BCUT2D eigenvalue weighted by molar-refractivity contribution is 5.81. The molecule has 1 heterocycles. The van der Waals surface area contributed by atoms with Crippen LogP contribution in [0.25, 0.3) is 0 Å². The van der Waals surface area contributed by atoms with Crippen molar-refractivity contribution in [1.29, 1.82) is 0 Å². The highest BCUT2D eigenvalue weighted by Gasteiger charge is 2.23. The molecule has 5 heteroatoms. The standard InChI is InChI=1S/C13H16FNO3/c1-10(13(16)15-6-8-17-9-7-15)18-12-4-2-11(14)3-5-12/h2-5,10H,6-9H2,1H3/t10-/m0/s1. The summed E-state index contributed by atoms with van der Waals surface area (Å²) in [5.41, 5.74) is 0. The molecule has 1 amide bonds. The molecule has 0 aliphatic carbocycles. The zero-order valence-corrected chi connectivity index (χ0v) is 10.3. The molecule has 0 radical (unpaired) electrons. The summed E-state index contributed by atoms with van der Waals surface area (Å²) in [7, 11) is 0. The fraction of sp³-hybridized carbons (Fsp3) is 0.462. The zero-order valence-electron chi connectivity index (χ0n) is 10.3. The number of benzene rings is 1. The van der Waals surface area contributed by atoms with Crippen molar-refractivity contribution in [2.75, 3.05) is 26.3 Å². The predicted molar refractivity (Wildman–Crippen MR) is 63.9 cm³/mol. The van der Waals surface area contributed by atoms with Crippen molar-refractivity contribution in [3.05, 3.63) is 30.1 Å². The summed E-state index contributed by atoms with van der Waals surface area (Å²) in [6.45, 7) is 4.01. The maximum absolute atomic E-state index is 12.7. The Morgan fingerprint density at radius 2 is 1.94 bits per heavy atom. The normalized spacial score (nSPS) is 17.3. The average molecular weight is 253 g/mol. The highest BCUT2D eigenvalue weighted by Crippen LogP contribution is 2.14. The van der Waals surface area contributed by atoms with Crippen LogP contribution in [0, 0.1) is 5.82 Å². The predicted octanol–water partition coefficient (Wildman–Crippen LogP) is 1.45. The molecule has 0 saturated carbocycles. The van der Waals surface area contributed by atoms with Gasteiger partial charge in [0.1, 0.15) is 11.6 Å². The van der Waals surface area contributed by atoms with Crippen LogP contribution < -0.4 is 4.74 Å². The first-order valence-electron chi connectivity index (χ1n) is 5.95. The monoisotopic (exact) mass is 253 g/mol. The molecule has 1 fully saturated rings. The molecule has 2 rings (SSSR count). The summed E-state index contributed by atoms with van der Waals surface area (Å²) in [6, 6.07) is 5.64. The van der Waals surface area contributed by atoms with Crippen LogP contribution in [-0.4, -0.2) is 43.2 Å². The Labute approximate surface area is 105 Å². The van der Waals surface area contributed by atoms with E-state index in [-0.39, 0.29) is 11.7 Å². The van der Waals surface area contributed by atoms with Crippen molar-refractivity contribution < 1.29 is 18.7 Å². The van der Waals surface area contributed by atoms with Gasteiger partial charge in [0.25, 0.3) is 5.91 Å². The first-order chi connectivity index (χ1) is 8.66. The lowest BCUT2D eigenvalue weighted by Gasteiger charge is -2.29. The lowest BCUT2D eigenvalue weighted by Crippen LogP contribution is -2.46. The van der Waals surface area contributed by atoms with Gasteiger partial charge in [0, 0.05) is 13.1 Å². The van der Waals surface area contributed by atoms with Gasteiger partial charge in [-0.05, 0) is 31.2 Å². The molecule has 1 aromatic carbocycles. The van der Waals surface area contributed by atoms with E-state index in [1.165, 1.54) is 24.3 Å². The van der Waals surface area contributed by atoms with E-state index in [1.54, 1.807) is 11.8 Å². The van der Waals surface area contributed by atoms with Gasteiger partial charge >= 0.3 is 0 Å². The number of nitrogens with zero attached hydrogens (tertiary/aromatic N) is 1. The smallest absolute Gasteiger partial charge is 0.263 e. The minimum atomic E-state index is -0.575. The lowest BCUT2D eigenvalue weighted by atomic mass is 10.3. The van der Waals surface area contributed by atoms with E-state index in [0.29, 0.717) is 32.1 Å². The van der Waals surface area contributed by atoms with Crippen LogP contribution in [-0.2, 0) is 9.53 Å². The second kappa shape index (κ2) is 5.82. The molecular formula is C13H16FNO3. The molecule has 1 aliphatic heterocycles. The largest absolute Gasteiger partial charge is 0.481 e. The highest BCUT2D eigenvalue weighted by atomic mass is 19.1. The van der Waals surface area contributed by atoms with Gasteiger partial charge in [0.15, 0.2) is 6.10 Å². The number of carbonyl (C=O) groups is 1. The van der Waals surface area contributed by atoms with Crippen LogP contribution in [0.15, 0.2) is 24.3 Å². The van der Waals surface area contributed by atoms with Crippen molar-refractivity contribution in [3.8, 4) is 5.75 Å². The zero-order chi connectivity index (χ0) is 13.0. The van der Waals surface area contributed by atoms with Crippen molar-refractivity contribution in [2.45, 2.75) is 13.0 Å². The van der Waals surface area contributed by atoms with E-state index in [2.05, 4.69) is 0 Å². The Morgan fingerprint density at radius 1 is 1.33 bits per heavy atom. The number of morpholine rings is 1. The Morgan fingerprint density at radius 3 is 2.56 bits per heavy atom. The van der Waals surface area contributed by atoms with Crippen LogP contribution in [0.3, 0.4) is 0 Å². The molecule has 0 unspecified atom stereocenters. The number of amides is 1. The first-order valence-corrected chi connectivity index (χ1v) is 5.95. The van der Waals surface area contributed by atoms with Gasteiger partial charge < -0.3 is 14.4 Å². The van der Waals surface area contributed by atoms with Crippen molar-refractivity contribution in [2.24, 2.45) is 0 Å². The van der Waals surface area contributed by atoms with E-state index in [4.69, 9.17) is 9.47 Å². The van der Waals surface area contributed by atoms with E-state index >= 15 is 0 Å². The van der Waals surface area contributed by atoms with Crippen molar-refractivity contribution >= 4 is 5.91 Å². The summed E-state index contributed by atoms with van der Waals surface area (Å²) in [6.07, 6.45) is -0.575. The van der Waals surface area contributed by atoms with Crippen LogP contribution in [0.2, 0.25) is 0 Å². The number of halogens is 1. The Kier molecular flexibility index (Phi) is 4.15. The molecule has 0 spiro atoms. The van der Waals surface area contributed by atoms with E-state index < -0.39 is 6.10 Å². The van der Waals surface area contributed by atoms with Gasteiger partial charge in [-0.3, -0.25) is 4.79 Å². The lowest BCUT2D eigenvalue weighted by molar-refractivity contribution is -0.142. The molecule has 18 heavy (non-hydrogen) atoms. The van der Waals surface area contributed by atoms with Crippen LogP contribution in [0.5, 0.6) is 5.75 Å². The second-order valence-electron chi connectivity index (χ2n) is 4.15. The molecule has 1 aromatic rings. The topological polar surface area (TPSA) is 38.8 Å². The number of ether oxygens (including phenoxy) is 2. The number of hydrogen-bond acceptors (Lipinski definition) is 3. The van der Waals surface area contributed by atoms with Gasteiger partial charge in [0.2, 0.25) is 0 Å². The molecule has 0 N–H and O–H groups in total. The number of rotatable bonds is 3. The fourth-order valence-electron chi connectivity index (χ4n) is 1.81. The summed E-state index contributed by atoms with van der Waals surface area (Å²) in [5.74, 6) is 0.0997. The second-order valence-corrected chi connectivity index (χ2v) is 4.15. The molecule has 0 aromatic heterocycles. The summed E-state index contributed by atoms with van der Waals surface area (Å²) < 4.78 is 23.4. The quantitative estimate of drug-likeness (QED) is 0.818. The van der Waals surface area contributed by atoms with E-state index in [9.17, 15) is 9.18 Å². The van der Waals surface area contributed by atoms with E-state index in [0.717, 1.165) is 0 Å². The maximum Gasteiger partial charge on any atom is 0.263 e. The fourth-order valence-corrected chi connectivity index (χ4v) is 1.81. The molecule has 98 valence electrons. The first kappa shape index (κ1) is 12.8. The third-order valence-electron chi connectivity index (χ3n) is 2.80. The van der Waals surface area contributed by atoms with Gasteiger partial charge in [-0.15, -0.1) is 0 Å².